The van der Waals surface area contributed by atoms with Gasteiger partial charge in [-0.05, 0) is 79.8 Å². The lowest BCUT2D eigenvalue weighted by molar-refractivity contribution is 0.0730. The zero-order valence-corrected chi connectivity index (χ0v) is 21.0. The van der Waals surface area contributed by atoms with Gasteiger partial charge in [-0.25, -0.2) is 0 Å². The molecule has 0 spiro atoms. The van der Waals surface area contributed by atoms with Crippen LogP contribution in [-0.2, 0) is 6.42 Å². The maximum Gasteiger partial charge on any atom is 0.290 e. The topological polar surface area (TPSA) is 69.0 Å². The van der Waals surface area contributed by atoms with Gasteiger partial charge < -0.3 is 18.8 Å². The summed E-state index contributed by atoms with van der Waals surface area (Å²) >= 11 is 0. The second-order valence-electron chi connectivity index (χ2n) is 9.13. The van der Waals surface area contributed by atoms with E-state index in [4.69, 9.17) is 13.9 Å². The fourth-order valence-electron chi connectivity index (χ4n) is 5.01. The minimum Gasteiger partial charge on any atom is -0.497 e. The van der Waals surface area contributed by atoms with E-state index in [9.17, 15) is 9.59 Å². The molecular formula is C30H29NO5. The van der Waals surface area contributed by atoms with Crippen molar-refractivity contribution in [1.29, 1.82) is 0 Å². The Morgan fingerprint density at radius 3 is 2.31 bits per heavy atom. The SMILES string of the molecule is CCOc1ccc([C@@H]2c3c(oc4c(C)cc(C)cc4c3=O)C(=O)N2CCc2ccc(OC)cc2)cc1. The van der Waals surface area contributed by atoms with Crippen LogP contribution in [0.25, 0.3) is 11.0 Å². The van der Waals surface area contributed by atoms with E-state index in [0.717, 1.165) is 33.8 Å². The van der Waals surface area contributed by atoms with Crippen LogP contribution in [0.4, 0.5) is 0 Å². The molecule has 0 aliphatic carbocycles. The number of carbonyl (C=O) groups is 1. The monoisotopic (exact) mass is 483 g/mol. The van der Waals surface area contributed by atoms with Gasteiger partial charge in [-0.1, -0.05) is 30.3 Å². The van der Waals surface area contributed by atoms with Crippen molar-refractivity contribution in [2.45, 2.75) is 33.2 Å². The third-order valence-corrected chi connectivity index (χ3v) is 6.70. The van der Waals surface area contributed by atoms with Crippen molar-refractivity contribution in [3.8, 4) is 11.5 Å². The highest BCUT2D eigenvalue weighted by Crippen LogP contribution is 2.39. The summed E-state index contributed by atoms with van der Waals surface area (Å²) in [4.78, 5) is 29.3. The summed E-state index contributed by atoms with van der Waals surface area (Å²) in [5.41, 5.74) is 4.45. The fraction of sp³-hybridized carbons (Fsp3) is 0.267. The molecule has 0 saturated heterocycles. The number of hydrogen-bond donors (Lipinski definition) is 0. The normalized spacial score (nSPS) is 14.8. The Hall–Kier alpha value is -4.06. The third-order valence-electron chi connectivity index (χ3n) is 6.70. The number of amides is 1. The van der Waals surface area contributed by atoms with Crippen LogP contribution in [0, 0.1) is 13.8 Å². The second kappa shape index (κ2) is 9.53. The van der Waals surface area contributed by atoms with Crippen LogP contribution < -0.4 is 14.9 Å². The van der Waals surface area contributed by atoms with Crippen molar-refractivity contribution in [2.24, 2.45) is 0 Å². The fourth-order valence-corrected chi connectivity index (χ4v) is 5.01. The molecule has 1 aliphatic rings. The van der Waals surface area contributed by atoms with Crippen LogP contribution in [0.2, 0.25) is 0 Å². The molecule has 0 bridgehead atoms. The first-order chi connectivity index (χ1) is 17.4. The number of rotatable bonds is 7. The van der Waals surface area contributed by atoms with Gasteiger partial charge in [0, 0.05) is 6.54 Å². The lowest BCUT2D eigenvalue weighted by atomic mass is 9.97. The van der Waals surface area contributed by atoms with Crippen molar-refractivity contribution in [3.63, 3.8) is 0 Å². The number of methoxy groups -OCH3 is 1. The Kier molecular flexibility index (Phi) is 6.27. The summed E-state index contributed by atoms with van der Waals surface area (Å²) in [6.07, 6.45) is 0.628. The van der Waals surface area contributed by atoms with Crippen LogP contribution in [0.15, 0.2) is 69.9 Å². The van der Waals surface area contributed by atoms with Crippen molar-refractivity contribution in [3.05, 3.63) is 104 Å². The maximum atomic E-state index is 13.8. The Balaban J connectivity index is 1.60. The smallest absolute Gasteiger partial charge is 0.290 e. The molecule has 1 aromatic heterocycles. The molecule has 3 aromatic carbocycles. The van der Waals surface area contributed by atoms with Crippen molar-refractivity contribution < 1.29 is 18.7 Å². The molecule has 0 radical (unpaired) electrons. The van der Waals surface area contributed by atoms with E-state index in [1.807, 2.05) is 81.4 Å². The highest BCUT2D eigenvalue weighted by atomic mass is 16.5. The predicted octanol–water partition coefficient (Wildman–Crippen LogP) is 5.61. The quantitative estimate of drug-likeness (QED) is 0.342. The van der Waals surface area contributed by atoms with E-state index in [1.165, 1.54) is 0 Å². The molecule has 4 aromatic rings. The van der Waals surface area contributed by atoms with Crippen molar-refractivity contribution in [1.82, 2.24) is 4.90 Å². The number of carbonyl (C=O) groups excluding carboxylic acids is 1. The van der Waals surface area contributed by atoms with E-state index in [0.29, 0.717) is 36.1 Å². The van der Waals surface area contributed by atoms with Gasteiger partial charge in [0.25, 0.3) is 5.91 Å². The van der Waals surface area contributed by atoms with Gasteiger partial charge in [-0.3, -0.25) is 9.59 Å². The zero-order chi connectivity index (χ0) is 25.4. The first kappa shape index (κ1) is 23.7. The summed E-state index contributed by atoms with van der Waals surface area (Å²) in [5, 5.41) is 0.506. The molecule has 5 rings (SSSR count). The molecule has 1 atom stereocenters. The molecule has 2 heterocycles. The highest BCUT2D eigenvalue weighted by Gasteiger charge is 2.42. The van der Waals surface area contributed by atoms with Crippen LogP contribution >= 0.6 is 0 Å². The van der Waals surface area contributed by atoms with Gasteiger partial charge in [0.05, 0.1) is 30.7 Å². The van der Waals surface area contributed by atoms with Crippen molar-refractivity contribution in [2.75, 3.05) is 20.3 Å². The largest absolute Gasteiger partial charge is 0.497 e. The highest BCUT2D eigenvalue weighted by molar-refractivity contribution is 5.99. The summed E-state index contributed by atoms with van der Waals surface area (Å²) < 4.78 is 17.0. The molecule has 0 N–H and O–H groups in total. The van der Waals surface area contributed by atoms with E-state index in [-0.39, 0.29) is 17.1 Å². The van der Waals surface area contributed by atoms with Gasteiger partial charge in [0.1, 0.15) is 17.1 Å². The summed E-state index contributed by atoms with van der Waals surface area (Å²) in [6, 6.07) is 18.6. The average molecular weight is 484 g/mol. The summed E-state index contributed by atoms with van der Waals surface area (Å²) in [7, 11) is 1.63. The predicted molar refractivity (Wildman–Crippen MR) is 139 cm³/mol. The van der Waals surface area contributed by atoms with Crippen molar-refractivity contribution >= 4 is 16.9 Å². The van der Waals surface area contributed by atoms with Crippen LogP contribution in [0.5, 0.6) is 11.5 Å². The molecule has 6 nitrogen and oxygen atoms in total. The molecule has 6 heteroatoms. The van der Waals surface area contributed by atoms with Crippen LogP contribution in [0.1, 0.15) is 51.3 Å². The molecular weight excluding hydrogens is 454 g/mol. The molecule has 0 fully saturated rings. The number of fused-ring (bicyclic) bond motifs is 2. The lowest BCUT2D eigenvalue weighted by Crippen LogP contribution is -2.31. The lowest BCUT2D eigenvalue weighted by Gasteiger charge is -2.25. The van der Waals surface area contributed by atoms with E-state index in [2.05, 4.69) is 0 Å². The van der Waals surface area contributed by atoms with Gasteiger partial charge in [0.15, 0.2) is 5.43 Å². The van der Waals surface area contributed by atoms with Gasteiger partial charge >= 0.3 is 0 Å². The van der Waals surface area contributed by atoms with Gasteiger partial charge in [-0.15, -0.1) is 0 Å². The van der Waals surface area contributed by atoms with Gasteiger partial charge in [0.2, 0.25) is 5.76 Å². The summed E-state index contributed by atoms with van der Waals surface area (Å²) in [6.45, 7) is 6.78. The number of benzene rings is 3. The molecule has 1 aliphatic heterocycles. The van der Waals surface area contributed by atoms with Crippen LogP contribution in [0.3, 0.4) is 0 Å². The van der Waals surface area contributed by atoms with E-state index >= 15 is 0 Å². The molecule has 1 amide bonds. The second-order valence-corrected chi connectivity index (χ2v) is 9.13. The Bertz CT molecular complexity index is 1490. The van der Waals surface area contributed by atoms with E-state index < -0.39 is 6.04 Å². The van der Waals surface area contributed by atoms with E-state index in [1.54, 1.807) is 12.0 Å². The number of hydrogen-bond acceptors (Lipinski definition) is 5. The number of aryl methyl sites for hydroxylation is 2. The molecule has 0 saturated carbocycles. The summed E-state index contributed by atoms with van der Waals surface area (Å²) in [5.74, 6) is 1.39. The number of ether oxygens (including phenoxy) is 2. The van der Waals surface area contributed by atoms with Crippen LogP contribution in [-0.4, -0.2) is 31.1 Å². The first-order valence-electron chi connectivity index (χ1n) is 12.2. The Morgan fingerprint density at radius 2 is 1.64 bits per heavy atom. The Labute approximate surface area is 210 Å². The molecule has 36 heavy (non-hydrogen) atoms. The molecule has 0 unspecified atom stereocenters. The standard InChI is InChI=1S/C30H29NO5/c1-5-35-23-12-8-21(9-13-23)26-25-27(32)24-17-18(2)16-19(3)28(24)36-29(25)30(33)31(26)15-14-20-6-10-22(34-4)11-7-20/h6-13,16-17,26H,5,14-15H2,1-4H3/t26-/m1/s1. The Morgan fingerprint density at radius 1 is 0.944 bits per heavy atom. The average Bonchev–Trinajstić information content (AvgIpc) is 3.16. The third kappa shape index (κ3) is 4.13. The zero-order valence-electron chi connectivity index (χ0n) is 21.0. The minimum atomic E-state index is -0.539. The first-order valence-corrected chi connectivity index (χ1v) is 12.2. The minimum absolute atomic E-state index is 0.132. The maximum absolute atomic E-state index is 13.8. The van der Waals surface area contributed by atoms with Gasteiger partial charge in [-0.2, -0.15) is 0 Å². The number of nitrogens with zero attached hydrogens (tertiary/aromatic N) is 1. The molecule has 184 valence electrons.